The molecule has 0 aromatic heterocycles. The highest BCUT2D eigenvalue weighted by Gasteiger charge is 2.36. The lowest BCUT2D eigenvalue weighted by Gasteiger charge is -2.22. The molecule has 19 heavy (non-hydrogen) atoms. The van der Waals surface area contributed by atoms with Gasteiger partial charge in [-0.2, -0.15) is 0 Å². The van der Waals surface area contributed by atoms with E-state index in [2.05, 4.69) is 5.32 Å². The van der Waals surface area contributed by atoms with Crippen molar-refractivity contribution in [1.29, 1.82) is 0 Å². The topological polar surface area (TPSA) is 64.4 Å². The van der Waals surface area contributed by atoms with Crippen LogP contribution in [0.25, 0.3) is 0 Å². The number of ether oxygens (including phenoxy) is 1. The first-order valence-electron chi connectivity index (χ1n) is 6.56. The zero-order valence-corrected chi connectivity index (χ0v) is 11.6. The second-order valence-electron chi connectivity index (χ2n) is 4.92. The first-order valence-corrected chi connectivity index (χ1v) is 6.93. The van der Waals surface area contributed by atoms with Gasteiger partial charge in [-0.05, 0) is 31.0 Å². The molecule has 0 radical (unpaired) electrons. The Balaban J connectivity index is 1.71. The lowest BCUT2D eigenvalue weighted by atomic mass is 9.98. The number of hydrogen-bond donors (Lipinski definition) is 2. The molecule has 1 fully saturated rings. The summed E-state index contributed by atoms with van der Waals surface area (Å²) in [5.41, 5.74) is 5.37. The lowest BCUT2D eigenvalue weighted by molar-refractivity contribution is -0.126. The van der Waals surface area contributed by atoms with Crippen molar-refractivity contribution >= 4 is 17.5 Å². The smallest absolute Gasteiger partial charge is 0.240 e. The van der Waals surface area contributed by atoms with Gasteiger partial charge >= 0.3 is 0 Å². The van der Waals surface area contributed by atoms with Gasteiger partial charge in [-0.25, -0.2) is 0 Å². The summed E-state index contributed by atoms with van der Waals surface area (Å²) in [6.07, 6.45) is 3.60. The van der Waals surface area contributed by atoms with Gasteiger partial charge in [0.25, 0.3) is 0 Å². The van der Waals surface area contributed by atoms with E-state index in [9.17, 15) is 4.79 Å². The summed E-state index contributed by atoms with van der Waals surface area (Å²) in [7, 11) is 0. The quantitative estimate of drug-likeness (QED) is 0.813. The van der Waals surface area contributed by atoms with E-state index in [0.29, 0.717) is 23.9 Å². The molecule has 104 valence electrons. The lowest BCUT2D eigenvalue weighted by Crippen LogP contribution is -2.52. The number of hydrogen-bond acceptors (Lipinski definition) is 3. The third-order valence-electron chi connectivity index (χ3n) is 3.40. The van der Waals surface area contributed by atoms with Crippen LogP contribution in [0.5, 0.6) is 5.75 Å². The number of carbonyl (C=O) groups excluding carboxylic acids is 1. The molecule has 1 aliphatic carbocycles. The van der Waals surface area contributed by atoms with Gasteiger partial charge in [-0.15, -0.1) is 0 Å². The summed E-state index contributed by atoms with van der Waals surface area (Å²) < 4.78 is 5.49. The van der Waals surface area contributed by atoms with Crippen molar-refractivity contribution in [1.82, 2.24) is 5.32 Å². The van der Waals surface area contributed by atoms with Crippen molar-refractivity contribution in [2.75, 3.05) is 13.2 Å². The van der Waals surface area contributed by atoms with Crippen molar-refractivity contribution in [3.63, 3.8) is 0 Å². The van der Waals surface area contributed by atoms with Gasteiger partial charge in [0.05, 0.1) is 12.1 Å². The molecule has 0 atom stereocenters. The Kier molecular flexibility index (Phi) is 4.66. The summed E-state index contributed by atoms with van der Waals surface area (Å²) in [6, 6.07) is 7.18. The fraction of sp³-hybridized carbons (Fsp3) is 0.500. The normalized spacial score (nSPS) is 17.2. The first kappa shape index (κ1) is 14.2. The summed E-state index contributed by atoms with van der Waals surface area (Å²) in [6.45, 7) is 0.854. The molecule has 0 saturated heterocycles. The molecule has 4 nitrogen and oxygen atoms in total. The van der Waals surface area contributed by atoms with Gasteiger partial charge in [-0.1, -0.05) is 30.5 Å². The molecular formula is C14H19ClN2O2. The van der Waals surface area contributed by atoms with Crippen LogP contribution in [0.4, 0.5) is 0 Å². The van der Waals surface area contributed by atoms with E-state index in [-0.39, 0.29) is 5.91 Å². The van der Waals surface area contributed by atoms with E-state index in [1.165, 1.54) is 0 Å². The van der Waals surface area contributed by atoms with Gasteiger partial charge in [0.2, 0.25) is 5.91 Å². The third-order valence-corrected chi connectivity index (χ3v) is 3.64. The van der Waals surface area contributed by atoms with Crippen LogP contribution in [0.3, 0.4) is 0 Å². The maximum atomic E-state index is 11.9. The minimum Gasteiger partial charge on any atom is -0.492 e. The molecule has 5 heteroatoms. The maximum Gasteiger partial charge on any atom is 0.240 e. The molecule has 0 aliphatic heterocycles. The van der Waals surface area contributed by atoms with Crippen LogP contribution in [-0.4, -0.2) is 24.6 Å². The van der Waals surface area contributed by atoms with E-state index in [4.69, 9.17) is 22.1 Å². The van der Waals surface area contributed by atoms with Crippen molar-refractivity contribution in [2.24, 2.45) is 5.73 Å². The van der Waals surface area contributed by atoms with E-state index in [0.717, 1.165) is 25.7 Å². The summed E-state index contributed by atoms with van der Waals surface area (Å²) >= 11 is 5.85. The standard InChI is InChI=1S/C14H19ClN2O2/c15-11-4-3-5-12(10-11)19-9-8-17-13(18)14(16)6-1-2-7-14/h3-5,10H,1-2,6-9,16H2,(H,17,18). The summed E-state index contributed by atoms with van der Waals surface area (Å²) in [5.74, 6) is 0.629. The number of carbonyl (C=O) groups is 1. The van der Waals surface area contributed by atoms with Crippen molar-refractivity contribution in [3.05, 3.63) is 29.3 Å². The average Bonchev–Trinajstić information content (AvgIpc) is 2.83. The van der Waals surface area contributed by atoms with Crippen LogP contribution >= 0.6 is 11.6 Å². The van der Waals surface area contributed by atoms with Crippen LogP contribution in [0.1, 0.15) is 25.7 Å². The van der Waals surface area contributed by atoms with Crippen molar-refractivity contribution < 1.29 is 9.53 Å². The number of rotatable bonds is 5. The van der Waals surface area contributed by atoms with E-state index >= 15 is 0 Å². The maximum absolute atomic E-state index is 11.9. The van der Waals surface area contributed by atoms with Gasteiger partial charge in [0.1, 0.15) is 12.4 Å². The van der Waals surface area contributed by atoms with Crippen LogP contribution in [-0.2, 0) is 4.79 Å². The van der Waals surface area contributed by atoms with Gasteiger partial charge in [0.15, 0.2) is 0 Å². The molecule has 0 heterocycles. The monoisotopic (exact) mass is 282 g/mol. The Labute approximate surface area is 118 Å². The minimum atomic E-state index is -0.671. The van der Waals surface area contributed by atoms with Crippen LogP contribution in [0.2, 0.25) is 5.02 Å². The van der Waals surface area contributed by atoms with E-state index in [1.807, 2.05) is 12.1 Å². The molecule has 0 unspecified atom stereocenters. The number of benzene rings is 1. The van der Waals surface area contributed by atoms with E-state index in [1.54, 1.807) is 12.1 Å². The fourth-order valence-corrected chi connectivity index (χ4v) is 2.48. The predicted molar refractivity (Wildman–Crippen MR) is 75.3 cm³/mol. The van der Waals surface area contributed by atoms with Crippen molar-refractivity contribution in [2.45, 2.75) is 31.2 Å². The Morgan fingerprint density at radius 2 is 2.16 bits per heavy atom. The number of halogens is 1. The third kappa shape index (κ3) is 3.85. The Morgan fingerprint density at radius 1 is 1.42 bits per heavy atom. The Hall–Kier alpha value is -1.26. The highest BCUT2D eigenvalue weighted by atomic mass is 35.5. The fourth-order valence-electron chi connectivity index (χ4n) is 2.30. The van der Waals surface area contributed by atoms with E-state index < -0.39 is 5.54 Å². The molecule has 0 bridgehead atoms. The average molecular weight is 283 g/mol. The summed E-state index contributed by atoms with van der Waals surface area (Å²) in [5, 5.41) is 3.46. The van der Waals surface area contributed by atoms with Crippen LogP contribution in [0.15, 0.2) is 24.3 Å². The second kappa shape index (κ2) is 6.26. The first-order chi connectivity index (χ1) is 9.10. The molecular weight excluding hydrogens is 264 g/mol. The summed E-state index contributed by atoms with van der Waals surface area (Å²) in [4.78, 5) is 11.9. The highest BCUT2D eigenvalue weighted by Crippen LogP contribution is 2.27. The highest BCUT2D eigenvalue weighted by molar-refractivity contribution is 6.30. The molecule has 2 rings (SSSR count). The zero-order chi connectivity index (χ0) is 13.7. The molecule has 1 aromatic rings. The SMILES string of the molecule is NC1(C(=O)NCCOc2cccc(Cl)c2)CCCC1. The molecule has 1 aliphatic rings. The minimum absolute atomic E-state index is 0.0697. The molecule has 1 amide bonds. The second-order valence-corrected chi connectivity index (χ2v) is 5.36. The van der Waals surface area contributed by atoms with Gasteiger partial charge in [-0.3, -0.25) is 4.79 Å². The van der Waals surface area contributed by atoms with Crippen LogP contribution < -0.4 is 15.8 Å². The largest absolute Gasteiger partial charge is 0.492 e. The zero-order valence-electron chi connectivity index (χ0n) is 10.8. The number of amides is 1. The molecule has 1 saturated carbocycles. The van der Waals surface area contributed by atoms with Crippen LogP contribution in [0, 0.1) is 0 Å². The molecule has 1 aromatic carbocycles. The van der Waals surface area contributed by atoms with Gasteiger partial charge in [0, 0.05) is 5.02 Å². The number of nitrogens with two attached hydrogens (primary N) is 1. The molecule has 3 N–H and O–H groups in total. The van der Waals surface area contributed by atoms with Gasteiger partial charge < -0.3 is 15.8 Å². The molecule has 0 spiro atoms. The Bertz CT molecular complexity index is 445. The van der Waals surface area contributed by atoms with Crippen molar-refractivity contribution in [3.8, 4) is 5.75 Å². The number of nitrogens with one attached hydrogen (secondary N) is 1. The Morgan fingerprint density at radius 3 is 2.84 bits per heavy atom. The predicted octanol–water partition coefficient (Wildman–Crippen LogP) is 2.11.